The summed E-state index contributed by atoms with van der Waals surface area (Å²) in [6.07, 6.45) is 12.2. The highest BCUT2D eigenvalue weighted by molar-refractivity contribution is 5.90. The molecule has 6 heteroatoms. The fourth-order valence-corrected chi connectivity index (χ4v) is 10.4. The molecule has 0 unspecified atom stereocenters. The van der Waals surface area contributed by atoms with E-state index >= 15 is 0 Å². The number of benzene rings is 4. The maximum absolute atomic E-state index is 12.8. The number of likely N-dealkylation sites (tertiary alicyclic amines) is 1. The molecule has 4 aliphatic rings. The maximum atomic E-state index is 12.8. The number of rotatable bonds is 14. The summed E-state index contributed by atoms with van der Waals surface area (Å²) in [5.41, 5.74) is 6.07. The van der Waals surface area contributed by atoms with Crippen molar-refractivity contribution in [2.75, 3.05) is 25.0 Å². The lowest BCUT2D eigenvalue weighted by molar-refractivity contribution is -0.116. The molecule has 4 aromatic carbocycles. The molecule has 284 valence electrons. The molecule has 1 amide bonds. The molecule has 4 aromatic rings. The van der Waals surface area contributed by atoms with Crippen molar-refractivity contribution in [2.24, 2.45) is 17.3 Å². The van der Waals surface area contributed by atoms with E-state index < -0.39 is 0 Å². The highest BCUT2D eigenvalue weighted by atomic mass is 16.5. The van der Waals surface area contributed by atoms with E-state index in [9.17, 15) is 4.79 Å². The highest BCUT2D eigenvalue weighted by Crippen LogP contribution is 2.62. The van der Waals surface area contributed by atoms with Gasteiger partial charge in [-0.05, 0) is 148 Å². The number of carbonyl (C=O) groups is 1. The average Bonchev–Trinajstić information content (AvgIpc) is 3.55. The standard InChI is InChI=1S/C48H58N2O4/c1-48-32-44(54-39-21-19-38(20-22-39)49-46(51)17-9-12-30-50-28-10-4-11-29-50)47-41-25-23-40(52-33-35-13-5-2-6-14-35)31-37(41)18-24-42(47)43(48)26-27-45(48)53-34-36-15-7-3-8-16-36/h2-3,5-8,13-16,19-23,25,31,42-45,47H,4,9-12,17-18,24,26-30,32-34H2,1H3,(H,49,51)/t42-,43-,44-,45-,47+,48-/m0/s1. The van der Waals surface area contributed by atoms with Gasteiger partial charge >= 0.3 is 0 Å². The molecule has 3 aliphatic carbocycles. The Labute approximate surface area is 322 Å². The van der Waals surface area contributed by atoms with Crippen LogP contribution in [0.3, 0.4) is 0 Å². The zero-order valence-electron chi connectivity index (χ0n) is 32.1. The van der Waals surface area contributed by atoms with Gasteiger partial charge in [-0.1, -0.05) is 80.1 Å². The van der Waals surface area contributed by atoms with E-state index in [1.165, 1.54) is 61.0 Å². The van der Waals surface area contributed by atoms with E-state index in [1.807, 2.05) is 30.3 Å². The minimum Gasteiger partial charge on any atom is -0.490 e. The Morgan fingerprint density at radius 2 is 1.52 bits per heavy atom. The first-order chi connectivity index (χ1) is 26.5. The van der Waals surface area contributed by atoms with Gasteiger partial charge in [0.15, 0.2) is 0 Å². The van der Waals surface area contributed by atoms with Gasteiger partial charge in [0.05, 0.1) is 12.7 Å². The van der Waals surface area contributed by atoms with Crippen LogP contribution in [0.4, 0.5) is 5.69 Å². The largest absolute Gasteiger partial charge is 0.490 e. The summed E-state index contributed by atoms with van der Waals surface area (Å²) in [5.74, 6) is 3.29. The number of hydrogen-bond donors (Lipinski definition) is 1. The molecule has 2 saturated carbocycles. The Bertz CT molecular complexity index is 1810. The van der Waals surface area contributed by atoms with Gasteiger partial charge in [-0.3, -0.25) is 4.79 Å². The van der Waals surface area contributed by atoms with Gasteiger partial charge in [0.1, 0.15) is 24.2 Å². The maximum Gasteiger partial charge on any atom is 0.224 e. The lowest BCUT2D eigenvalue weighted by atomic mass is 9.54. The van der Waals surface area contributed by atoms with Crippen LogP contribution in [0.2, 0.25) is 0 Å². The van der Waals surface area contributed by atoms with Crippen molar-refractivity contribution in [3.63, 3.8) is 0 Å². The molecule has 0 aromatic heterocycles. The molecule has 1 N–H and O–H groups in total. The summed E-state index contributed by atoms with van der Waals surface area (Å²) >= 11 is 0. The quantitative estimate of drug-likeness (QED) is 0.131. The number of ether oxygens (including phenoxy) is 3. The number of nitrogens with zero attached hydrogens (tertiary/aromatic N) is 1. The number of aryl methyl sites for hydroxylation is 1. The van der Waals surface area contributed by atoms with Crippen molar-refractivity contribution >= 4 is 11.6 Å². The Hall–Kier alpha value is -4.13. The highest BCUT2D eigenvalue weighted by Gasteiger charge is 2.59. The SMILES string of the molecule is C[C@]12C[C@H](Oc3ccc(NC(=O)CCCCN4CCCCC4)cc3)[C@@H]3c4ccc(OCc5ccccc5)cc4CC[C@H]3[C@@H]1CC[C@@H]2OCc1ccccc1. The molecule has 0 radical (unpaired) electrons. The van der Waals surface area contributed by atoms with Crippen LogP contribution >= 0.6 is 0 Å². The van der Waals surface area contributed by atoms with Crippen molar-refractivity contribution in [2.45, 2.75) is 109 Å². The number of anilines is 1. The Morgan fingerprint density at radius 1 is 0.796 bits per heavy atom. The van der Waals surface area contributed by atoms with Crippen LogP contribution in [0.15, 0.2) is 103 Å². The van der Waals surface area contributed by atoms with Crippen LogP contribution < -0.4 is 14.8 Å². The lowest BCUT2D eigenvalue weighted by Crippen LogP contribution is -2.52. The number of fused-ring (bicyclic) bond motifs is 5. The first-order valence-corrected chi connectivity index (χ1v) is 20.8. The number of hydrogen-bond acceptors (Lipinski definition) is 5. The summed E-state index contributed by atoms with van der Waals surface area (Å²) in [5, 5.41) is 3.13. The summed E-state index contributed by atoms with van der Waals surface area (Å²) in [4.78, 5) is 15.4. The van der Waals surface area contributed by atoms with Crippen LogP contribution in [0.1, 0.15) is 99.3 Å². The molecule has 8 rings (SSSR count). The minimum atomic E-state index is 0.00709. The number of amides is 1. The zero-order valence-corrected chi connectivity index (χ0v) is 32.1. The minimum absolute atomic E-state index is 0.00709. The second kappa shape index (κ2) is 17.1. The Balaban J connectivity index is 0.964. The second-order valence-electron chi connectivity index (χ2n) is 16.6. The number of nitrogens with one attached hydrogen (secondary N) is 1. The van der Waals surface area contributed by atoms with Crippen molar-refractivity contribution < 1.29 is 19.0 Å². The van der Waals surface area contributed by atoms with E-state index in [0.29, 0.717) is 37.4 Å². The third-order valence-corrected chi connectivity index (χ3v) is 13.1. The third kappa shape index (κ3) is 8.56. The van der Waals surface area contributed by atoms with Crippen molar-refractivity contribution in [1.82, 2.24) is 4.90 Å². The molecular formula is C48H58N2O4. The fourth-order valence-electron chi connectivity index (χ4n) is 10.4. The van der Waals surface area contributed by atoms with Gasteiger partial charge in [0, 0.05) is 23.4 Å². The predicted molar refractivity (Wildman–Crippen MR) is 216 cm³/mol. The third-order valence-electron chi connectivity index (χ3n) is 13.1. The normalized spacial score (nSPS) is 26.3. The van der Waals surface area contributed by atoms with Crippen molar-refractivity contribution in [3.8, 4) is 11.5 Å². The van der Waals surface area contributed by atoms with Gasteiger partial charge in [0.25, 0.3) is 0 Å². The van der Waals surface area contributed by atoms with Crippen LogP contribution in [-0.2, 0) is 29.2 Å². The van der Waals surface area contributed by atoms with E-state index in [0.717, 1.165) is 62.3 Å². The topological polar surface area (TPSA) is 60.0 Å². The van der Waals surface area contributed by atoms with Crippen LogP contribution in [-0.4, -0.2) is 42.6 Å². The lowest BCUT2D eigenvalue weighted by Gasteiger charge is -2.53. The van der Waals surface area contributed by atoms with Crippen molar-refractivity contribution in [3.05, 3.63) is 125 Å². The van der Waals surface area contributed by atoms with E-state index in [-0.39, 0.29) is 23.5 Å². The molecule has 1 aliphatic heterocycles. The van der Waals surface area contributed by atoms with Gasteiger partial charge in [-0.15, -0.1) is 0 Å². The van der Waals surface area contributed by atoms with Crippen molar-refractivity contribution in [1.29, 1.82) is 0 Å². The number of unbranched alkanes of at least 4 members (excludes halogenated alkanes) is 1. The summed E-state index contributed by atoms with van der Waals surface area (Å²) in [6.45, 7) is 7.22. The zero-order chi connectivity index (χ0) is 36.7. The molecule has 0 spiro atoms. The summed E-state index contributed by atoms with van der Waals surface area (Å²) in [6, 6.07) is 35.8. The molecule has 0 bridgehead atoms. The van der Waals surface area contributed by atoms with Gasteiger partial charge < -0.3 is 24.4 Å². The molecule has 6 nitrogen and oxygen atoms in total. The first-order valence-electron chi connectivity index (χ1n) is 20.8. The van der Waals surface area contributed by atoms with E-state index in [4.69, 9.17) is 14.2 Å². The molecule has 6 atom stereocenters. The fraction of sp³-hybridized carbons (Fsp3) is 0.479. The molecule has 1 saturated heterocycles. The average molecular weight is 727 g/mol. The van der Waals surface area contributed by atoms with E-state index in [1.54, 1.807) is 0 Å². The number of piperidine rings is 1. The summed E-state index contributed by atoms with van der Waals surface area (Å²) in [7, 11) is 0. The van der Waals surface area contributed by atoms with E-state index in [2.05, 4.69) is 89.9 Å². The van der Waals surface area contributed by atoms with Gasteiger partial charge in [0.2, 0.25) is 5.91 Å². The summed E-state index contributed by atoms with van der Waals surface area (Å²) < 4.78 is 20.2. The molecule has 3 fully saturated rings. The Morgan fingerprint density at radius 3 is 2.28 bits per heavy atom. The number of carbonyl (C=O) groups excluding carboxylic acids is 1. The van der Waals surface area contributed by atoms with Crippen LogP contribution in [0.5, 0.6) is 11.5 Å². The molecular weight excluding hydrogens is 669 g/mol. The molecule has 54 heavy (non-hydrogen) atoms. The second-order valence-corrected chi connectivity index (χ2v) is 16.6. The predicted octanol–water partition coefficient (Wildman–Crippen LogP) is 10.4. The van der Waals surface area contributed by atoms with Crippen LogP contribution in [0, 0.1) is 17.3 Å². The monoisotopic (exact) mass is 726 g/mol. The van der Waals surface area contributed by atoms with Gasteiger partial charge in [-0.2, -0.15) is 0 Å². The molecule has 1 heterocycles. The first kappa shape index (κ1) is 36.8. The van der Waals surface area contributed by atoms with Crippen LogP contribution in [0.25, 0.3) is 0 Å². The Kier molecular flexibility index (Phi) is 11.7. The smallest absolute Gasteiger partial charge is 0.224 e. The van der Waals surface area contributed by atoms with Gasteiger partial charge in [-0.25, -0.2) is 0 Å².